The summed E-state index contributed by atoms with van der Waals surface area (Å²) in [7, 11) is 0. The first kappa shape index (κ1) is 13.3. The molecule has 0 fully saturated rings. The average Bonchev–Trinajstić information content (AvgIpc) is 2.40. The van der Waals surface area contributed by atoms with Crippen LogP contribution in [0.5, 0.6) is 0 Å². The molecule has 0 bridgehead atoms. The van der Waals surface area contributed by atoms with Crippen molar-refractivity contribution in [2.45, 2.75) is 16.8 Å². The van der Waals surface area contributed by atoms with E-state index < -0.39 is 4.92 Å². The van der Waals surface area contributed by atoms with Crippen molar-refractivity contribution in [3.63, 3.8) is 0 Å². The van der Waals surface area contributed by atoms with Crippen molar-refractivity contribution < 1.29 is 4.92 Å². The van der Waals surface area contributed by atoms with E-state index in [-0.39, 0.29) is 5.69 Å². The first-order chi connectivity index (χ1) is 9.19. The van der Waals surface area contributed by atoms with Crippen LogP contribution in [-0.2, 0) is 0 Å². The highest BCUT2D eigenvalue weighted by Gasteiger charge is 2.06. The van der Waals surface area contributed by atoms with E-state index in [4.69, 9.17) is 0 Å². The average molecular weight is 276 g/mol. The van der Waals surface area contributed by atoms with Crippen molar-refractivity contribution in [1.82, 2.24) is 9.97 Å². The van der Waals surface area contributed by atoms with Gasteiger partial charge in [0.2, 0.25) is 5.95 Å². The first-order valence-electron chi connectivity index (χ1n) is 5.68. The van der Waals surface area contributed by atoms with Crippen LogP contribution in [0.2, 0.25) is 0 Å². The van der Waals surface area contributed by atoms with E-state index in [1.807, 2.05) is 6.92 Å². The topological polar surface area (TPSA) is 81.0 Å². The minimum Gasteiger partial charge on any atom is -0.354 e. The molecule has 19 heavy (non-hydrogen) atoms. The lowest BCUT2D eigenvalue weighted by Crippen LogP contribution is -2.01. The second-order valence-electron chi connectivity index (χ2n) is 3.60. The number of nitrogens with zero attached hydrogens (tertiary/aromatic N) is 3. The third-order valence-corrected chi connectivity index (χ3v) is 3.18. The van der Waals surface area contributed by atoms with Crippen molar-refractivity contribution in [2.75, 3.05) is 11.9 Å². The van der Waals surface area contributed by atoms with Crippen molar-refractivity contribution in [3.8, 4) is 0 Å². The Morgan fingerprint density at radius 2 is 2.05 bits per heavy atom. The first-order valence-corrected chi connectivity index (χ1v) is 6.50. The molecule has 0 spiro atoms. The van der Waals surface area contributed by atoms with E-state index in [2.05, 4.69) is 15.3 Å². The van der Waals surface area contributed by atoms with E-state index in [9.17, 15) is 10.1 Å². The van der Waals surface area contributed by atoms with Crippen LogP contribution in [0.3, 0.4) is 0 Å². The molecular weight excluding hydrogens is 264 g/mol. The second-order valence-corrected chi connectivity index (χ2v) is 4.70. The maximum Gasteiger partial charge on any atom is 0.269 e. The SMILES string of the molecule is CCNc1nccc(Sc2ccc([N+](=O)[O-])cc2)n1. The molecule has 0 saturated carbocycles. The highest BCUT2D eigenvalue weighted by Crippen LogP contribution is 2.27. The van der Waals surface area contributed by atoms with Crippen LogP contribution >= 0.6 is 11.8 Å². The Morgan fingerprint density at radius 3 is 2.68 bits per heavy atom. The molecule has 2 rings (SSSR count). The summed E-state index contributed by atoms with van der Waals surface area (Å²) < 4.78 is 0. The molecule has 0 saturated heterocycles. The zero-order valence-electron chi connectivity index (χ0n) is 10.2. The molecule has 0 aliphatic carbocycles. The second kappa shape index (κ2) is 6.14. The molecule has 1 aromatic carbocycles. The van der Waals surface area contributed by atoms with Gasteiger partial charge in [0.15, 0.2) is 0 Å². The summed E-state index contributed by atoms with van der Waals surface area (Å²) >= 11 is 1.43. The Bertz CT molecular complexity index is 574. The number of hydrogen-bond donors (Lipinski definition) is 1. The summed E-state index contributed by atoms with van der Waals surface area (Å²) in [4.78, 5) is 19.4. The molecule has 0 aliphatic heterocycles. The van der Waals surface area contributed by atoms with E-state index in [0.717, 1.165) is 16.5 Å². The molecule has 1 N–H and O–H groups in total. The van der Waals surface area contributed by atoms with Gasteiger partial charge in [0.1, 0.15) is 5.03 Å². The van der Waals surface area contributed by atoms with Gasteiger partial charge < -0.3 is 5.32 Å². The molecular formula is C12H12N4O2S. The number of rotatable bonds is 5. The van der Waals surface area contributed by atoms with Crippen molar-refractivity contribution >= 4 is 23.4 Å². The molecule has 6 nitrogen and oxygen atoms in total. The maximum atomic E-state index is 10.6. The standard InChI is InChI=1S/C12H12N4O2S/c1-2-13-12-14-8-7-11(15-12)19-10-5-3-9(4-6-10)16(17)18/h3-8H,2H2,1H3,(H,13,14,15). The van der Waals surface area contributed by atoms with Crippen LogP contribution < -0.4 is 5.32 Å². The number of nitro benzene ring substituents is 1. The van der Waals surface area contributed by atoms with Crippen molar-refractivity contribution in [3.05, 3.63) is 46.6 Å². The number of hydrogen-bond acceptors (Lipinski definition) is 6. The van der Waals surface area contributed by atoms with Gasteiger partial charge in [-0.1, -0.05) is 11.8 Å². The Labute approximate surface area is 114 Å². The van der Waals surface area contributed by atoms with E-state index in [0.29, 0.717) is 5.95 Å². The minimum absolute atomic E-state index is 0.0837. The van der Waals surface area contributed by atoms with Crippen LogP contribution in [0, 0.1) is 10.1 Å². The van der Waals surface area contributed by atoms with Gasteiger partial charge in [0, 0.05) is 29.8 Å². The minimum atomic E-state index is -0.414. The summed E-state index contributed by atoms with van der Waals surface area (Å²) in [5.41, 5.74) is 0.0837. The predicted octanol–water partition coefficient (Wildman–Crippen LogP) is 2.97. The fourth-order valence-electron chi connectivity index (χ4n) is 1.40. The van der Waals surface area contributed by atoms with Gasteiger partial charge in [-0.3, -0.25) is 10.1 Å². The largest absolute Gasteiger partial charge is 0.354 e. The van der Waals surface area contributed by atoms with E-state index in [1.54, 1.807) is 24.4 Å². The van der Waals surface area contributed by atoms with Crippen LogP contribution in [0.25, 0.3) is 0 Å². The molecule has 1 heterocycles. The number of nitro groups is 1. The van der Waals surface area contributed by atoms with Gasteiger partial charge in [-0.05, 0) is 25.1 Å². The smallest absolute Gasteiger partial charge is 0.269 e. The Morgan fingerprint density at radius 1 is 1.32 bits per heavy atom. The zero-order valence-corrected chi connectivity index (χ0v) is 11.1. The molecule has 0 radical (unpaired) electrons. The van der Waals surface area contributed by atoms with Crippen LogP contribution in [0.1, 0.15) is 6.92 Å². The zero-order chi connectivity index (χ0) is 13.7. The number of benzene rings is 1. The third-order valence-electron chi connectivity index (χ3n) is 2.23. The van der Waals surface area contributed by atoms with Crippen molar-refractivity contribution in [2.24, 2.45) is 0 Å². The lowest BCUT2D eigenvalue weighted by atomic mass is 10.3. The maximum absolute atomic E-state index is 10.6. The highest BCUT2D eigenvalue weighted by atomic mass is 32.2. The Kier molecular flexibility index (Phi) is 4.30. The molecule has 0 amide bonds. The lowest BCUT2D eigenvalue weighted by Gasteiger charge is -2.04. The number of non-ortho nitro benzene ring substituents is 1. The van der Waals surface area contributed by atoms with Gasteiger partial charge >= 0.3 is 0 Å². The fourth-order valence-corrected chi connectivity index (χ4v) is 2.17. The lowest BCUT2D eigenvalue weighted by molar-refractivity contribution is -0.384. The summed E-state index contributed by atoms with van der Waals surface area (Å²) in [6.45, 7) is 2.73. The number of aromatic nitrogens is 2. The van der Waals surface area contributed by atoms with Crippen LogP contribution in [-0.4, -0.2) is 21.4 Å². The van der Waals surface area contributed by atoms with Gasteiger partial charge in [-0.15, -0.1) is 0 Å². The molecule has 1 aromatic heterocycles. The van der Waals surface area contributed by atoms with Crippen LogP contribution in [0.4, 0.5) is 11.6 Å². The third kappa shape index (κ3) is 3.65. The molecule has 0 unspecified atom stereocenters. The summed E-state index contributed by atoms with van der Waals surface area (Å²) in [5, 5.41) is 14.4. The molecule has 0 aliphatic rings. The number of anilines is 1. The summed E-state index contributed by atoms with van der Waals surface area (Å²) in [6.07, 6.45) is 1.68. The predicted molar refractivity (Wildman–Crippen MR) is 73.4 cm³/mol. The van der Waals surface area contributed by atoms with Crippen LogP contribution in [0.15, 0.2) is 46.5 Å². The normalized spacial score (nSPS) is 10.2. The molecule has 7 heteroatoms. The van der Waals surface area contributed by atoms with Crippen molar-refractivity contribution in [1.29, 1.82) is 0 Å². The number of nitrogens with one attached hydrogen (secondary N) is 1. The molecule has 0 atom stereocenters. The highest BCUT2D eigenvalue weighted by molar-refractivity contribution is 7.99. The van der Waals surface area contributed by atoms with Gasteiger partial charge in [-0.25, -0.2) is 9.97 Å². The quantitative estimate of drug-likeness (QED) is 0.513. The van der Waals surface area contributed by atoms with Gasteiger partial charge in [0.25, 0.3) is 5.69 Å². The van der Waals surface area contributed by atoms with Gasteiger partial charge in [-0.2, -0.15) is 0 Å². The van der Waals surface area contributed by atoms with Gasteiger partial charge in [0.05, 0.1) is 4.92 Å². The Balaban J connectivity index is 2.12. The van der Waals surface area contributed by atoms with E-state index in [1.165, 1.54) is 23.9 Å². The summed E-state index contributed by atoms with van der Waals surface area (Å²) in [5.74, 6) is 0.578. The monoisotopic (exact) mass is 276 g/mol. The van der Waals surface area contributed by atoms with E-state index >= 15 is 0 Å². The Hall–Kier alpha value is -2.15. The molecule has 98 valence electrons. The molecule has 2 aromatic rings. The fraction of sp³-hybridized carbons (Fsp3) is 0.167. The summed E-state index contributed by atoms with van der Waals surface area (Å²) in [6, 6.07) is 8.17.